The van der Waals surface area contributed by atoms with Crippen LogP contribution >= 0.6 is 15.9 Å². The van der Waals surface area contributed by atoms with Gasteiger partial charge in [0.25, 0.3) is 0 Å². The molecule has 0 amide bonds. The second-order valence-corrected chi connectivity index (χ2v) is 6.73. The molecule has 2 atom stereocenters. The normalized spacial score (nSPS) is 23.8. The van der Waals surface area contributed by atoms with Crippen LogP contribution in [0.5, 0.6) is 0 Å². The number of piperidine rings is 1. The summed E-state index contributed by atoms with van der Waals surface area (Å²) in [5, 5.41) is 1.23. The van der Waals surface area contributed by atoms with Crippen LogP contribution in [-0.2, 0) is 0 Å². The van der Waals surface area contributed by atoms with Crippen molar-refractivity contribution in [3.63, 3.8) is 0 Å². The SMILES string of the molecule is Cc1cc2ccccc2nc1N1CCC(C)C(Br)C1. The largest absolute Gasteiger partial charge is 0.355 e. The maximum Gasteiger partial charge on any atom is 0.132 e. The van der Waals surface area contributed by atoms with Crippen molar-refractivity contribution >= 4 is 32.7 Å². The number of fused-ring (bicyclic) bond motifs is 1. The highest BCUT2D eigenvalue weighted by molar-refractivity contribution is 9.09. The third-order valence-corrected chi connectivity index (χ3v) is 5.25. The fourth-order valence-electron chi connectivity index (χ4n) is 2.75. The Bertz CT molecular complexity index is 596. The van der Waals surface area contributed by atoms with Gasteiger partial charge in [-0.3, -0.25) is 0 Å². The number of aromatic nitrogens is 1. The van der Waals surface area contributed by atoms with Gasteiger partial charge in [0.05, 0.1) is 5.52 Å². The first-order valence-electron chi connectivity index (χ1n) is 6.90. The summed E-state index contributed by atoms with van der Waals surface area (Å²) in [5.41, 5.74) is 2.36. The lowest BCUT2D eigenvalue weighted by molar-refractivity contribution is 0.454. The molecule has 1 aliphatic rings. The number of alkyl halides is 1. The van der Waals surface area contributed by atoms with E-state index in [1.807, 2.05) is 0 Å². The monoisotopic (exact) mass is 318 g/mol. The van der Waals surface area contributed by atoms with Crippen molar-refractivity contribution in [1.82, 2.24) is 4.98 Å². The van der Waals surface area contributed by atoms with Gasteiger partial charge in [-0.05, 0) is 37.0 Å². The molecule has 0 saturated carbocycles. The number of rotatable bonds is 1. The molecule has 0 bridgehead atoms. The van der Waals surface area contributed by atoms with Crippen LogP contribution in [0.3, 0.4) is 0 Å². The van der Waals surface area contributed by atoms with Crippen molar-refractivity contribution in [1.29, 1.82) is 0 Å². The predicted octanol–water partition coefficient (Wildman–Crippen LogP) is 4.15. The lowest BCUT2D eigenvalue weighted by atomic mass is 9.98. The maximum atomic E-state index is 4.86. The van der Waals surface area contributed by atoms with E-state index in [1.54, 1.807) is 0 Å². The molecular formula is C16H19BrN2. The number of anilines is 1. The number of para-hydroxylation sites is 1. The second-order valence-electron chi connectivity index (χ2n) is 5.55. The highest BCUT2D eigenvalue weighted by Crippen LogP contribution is 2.29. The van der Waals surface area contributed by atoms with Gasteiger partial charge in [0.1, 0.15) is 5.82 Å². The number of pyridine rings is 1. The Balaban J connectivity index is 1.98. The first kappa shape index (κ1) is 12.9. The van der Waals surface area contributed by atoms with Crippen molar-refractivity contribution in [3.05, 3.63) is 35.9 Å². The second kappa shape index (κ2) is 5.12. The van der Waals surface area contributed by atoms with Gasteiger partial charge in [0, 0.05) is 23.3 Å². The molecule has 0 spiro atoms. The number of hydrogen-bond donors (Lipinski definition) is 0. The van der Waals surface area contributed by atoms with Crippen LogP contribution in [0.25, 0.3) is 10.9 Å². The Hall–Kier alpha value is -1.09. The van der Waals surface area contributed by atoms with Crippen molar-refractivity contribution in [2.75, 3.05) is 18.0 Å². The third kappa shape index (κ3) is 2.48. The van der Waals surface area contributed by atoms with E-state index in [0.29, 0.717) is 4.83 Å². The van der Waals surface area contributed by atoms with Gasteiger partial charge in [-0.25, -0.2) is 4.98 Å². The van der Waals surface area contributed by atoms with Crippen molar-refractivity contribution in [2.24, 2.45) is 5.92 Å². The minimum Gasteiger partial charge on any atom is -0.355 e. The third-order valence-electron chi connectivity index (χ3n) is 4.05. The smallest absolute Gasteiger partial charge is 0.132 e. The van der Waals surface area contributed by atoms with Gasteiger partial charge in [0.15, 0.2) is 0 Å². The highest BCUT2D eigenvalue weighted by atomic mass is 79.9. The molecule has 100 valence electrons. The fraction of sp³-hybridized carbons (Fsp3) is 0.438. The van der Waals surface area contributed by atoms with Gasteiger partial charge in [-0.15, -0.1) is 0 Å². The molecule has 0 radical (unpaired) electrons. The molecule has 2 heterocycles. The van der Waals surface area contributed by atoms with Crippen molar-refractivity contribution in [3.8, 4) is 0 Å². The van der Waals surface area contributed by atoms with Gasteiger partial charge in [0.2, 0.25) is 0 Å². The van der Waals surface area contributed by atoms with Gasteiger partial charge in [-0.1, -0.05) is 41.1 Å². The number of hydrogen-bond acceptors (Lipinski definition) is 2. The zero-order valence-corrected chi connectivity index (χ0v) is 13.0. The number of nitrogens with zero attached hydrogens (tertiary/aromatic N) is 2. The van der Waals surface area contributed by atoms with E-state index in [1.165, 1.54) is 17.4 Å². The molecule has 0 aliphatic carbocycles. The van der Waals surface area contributed by atoms with E-state index in [4.69, 9.17) is 4.98 Å². The molecule has 3 heteroatoms. The van der Waals surface area contributed by atoms with E-state index >= 15 is 0 Å². The van der Waals surface area contributed by atoms with Gasteiger partial charge >= 0.3 is 0 Å². The summed E-state index contributed by atoms with van der Waals surface area (Å²) >= 11 is 3.80. The first-order chi connectivity index (χ1) is 9.15. The number of benzene rings is 1. The van der Waals surface area contributed by atoms with Crippen LogP contribution in [0.4, 0.5) is 5.82 Å². The van der Waals surface area contributed by atoms with Crippen molar-refractivity contribution in [2.45, 2.75) is 25.1 Å². The zero-order chi connectivity index (χ0) is 13.4. The predicted molar refractivity (Wildman–Crippen MR) is 85.2 cm³/mol. The minimum atomic E-state index is 0.564. The molecular weight excluding hydrogens is 300 g/mol. The summed E-state index contributed by atoms with van der Waals surface area (Å²) in [6.45, 7) is 6.64. The van der Waals surface area contributed by atoms with E-state index in [0.717, 1.165) is 30.3 Å². The molecule has 2 aromatic rings. The van der Waals surface area contributed by atoms with Crippen molar-refractivity contribution < 1.29 is 0 Å². The first-order valence-corrected chi connectivity index (χ1v) is 7.82. The summed E-state index contributed by atoms with van der Waals surface area (Å²) in [6.07, 6.45) is 1.23. The fourth-order valence-corrected chi connectivity index (χ4v) is 3.36. The average molecular weight is 319 g/mol. The van der Waals surface area contributed by atoms with Crippen LogP contribution in [0, 0.1) is 12.8 Å². The van der Waals surface area contributed by atoms with Crippen LogP contribution in [0.15, 0.2) is 30.3 Å². The summed E-state index contributed by atoms with van der Waals surface area (Å²) in [4.78, 5) is 7.84. The molecule has 3 rings (SSSR count). The molecule has 19 heavy (non-hydrogen) atoms. The Morgan fingerprint density at radius 1 is 1.32 bits per heavy atom. The lowest BCUT2D eigenvalue weighted by Crippen LogP contribution is -2.40. The van der Waals surface area contributed by atoms with E-state index in [-0.39, 0.29) is 0 Å². The summed E-state index contributed by atoms with van der Waals surface area (Å²) < 4.78 is 0. The van der Waals surface area contributed by atoms with E-state index < -0.39 is 0 Å². The Morgan fingerprint density at radius 3 is 2.89 bits per heavy atom. The summed E-state index contributed by atoms with van der Waals surface area (Å²) in [5.74, 6) is 1.90. The molecule has 2 unspecified atom stereocenters. The van der Waals surface area contributed by atoms with Gasteiger partial charge < -0.3 is 4.90 Å². The molecule has 0 N–H and O–H groups in total. The van der Waals surface area contributed by atoms with Crippen LogP contribution < -0.4 is 4.90 Å². The molecule has 1 aromatic carbocycles. The molecule has 1 fully saturated rings. The maximum absolute atomic E-state index is 4.86. The Kier molecular flexibility index (Phi) is 3.48. The standard InChI is InChI=1S/C16H19BrN2/c1-11-7-8-19(10-14(11)17)16-12(2)9-13-5-3-4-6-15(13)18-16/h3-6,9,11,14H,7-8,10H2,1-2H3. The van der Waals surface area contributed by atoms with Crippen LogP contribution in [0.1, 0.15) is 18.9 Å². The van der Waals surface area contributed by atoms with Gasteiger partial charge in [-0.2, -0.15) is 0 Å². The zero-order valence-electron chi connectivity index (χ0n) is 11.4. The number of aryl methyl sites for hydroxylation is 1. The highest BCUT2D eigenvalue weighted by Gasteiger charge is 2.25. The molecule has 1 aromatic heterocycles. The number of halogens is 1. The van der Waals surface area contributed by atoms with Crippen LogP contribution in [-0.4, -0.2) is 22.9 Å². The Labute approximate surface area is 123 Å². The Morgan fingerprint density at radius 2 is 2.11 bits per heavy atom. The van der Waals surface area contributed by atoms with Crippen LogP contribution in [0.2, 0.25) is 0 Å². The molecule has 1 aliphatic heterocycles. The topological polar surface area (TPSA) is 16.1 Å². The average Bonchev–Trinajstić information content (AvgIpc) is 2.41. The minimum absolute atomic E-state index is 0.564. The van der Waals surface area contributed by atoms with E-state index in [2.05, 4.69) is 65.0 Å². The quantitative estimate of drug-likeness (QED) is 0.734. The summed E-state index contributed by atoms with van der Waals surface area (Å²) in [6, 6.07) is 10.6. The molecule has 1 saturated heterocycles. The summed E-state index contributed by atoms with van der Waals surface area (Å²) in [7, 11) is 0. The van der Waals surface area contributed by atoms with E-state index in [9.17, 15) is 0 Å². The lowest BCUT2D eigenvalue weighted by Gasteiger charge is -2.35. The molecule has 2 nitrogen and oxygen atoms in total.